The molecule has 1 aromatic rings. The molecule has 1 aromatic heterocycles. The number of nitrogens with one attached hydrogen (secondary N) is 1. The lowest BCUT2D eigenvalue weighted by Gasteiger charge is -2.05. The van der Waals surface area contributed by atoms with E-state index in [0.29, 0.717) is 11.6 Å². The number of aromatic nitrogens is 1. The quantitative estimate of drug-likeness (QED) is 0.456. The van der Waals surface area contributed by atoms with Crippen molar-refractivity contribution < 1.29 is 4.42 Å². The molecule has 4 nitrogen and oxygen atoms in total. The van der Waals surface area contributed by atoms with E-state index in [2.05, 4.69) is 4.98 Å². The number of thioether (sulfide) groups is 1. The van der Waals surface area contributed by atoms with Crippen molar-refractivity contribution in [3.05, 3.63) is 11.5 Å². The Labute approximate surface area is 87.8 Å². The van der Waals surface area contributed by atoms with Gasteiger partial charge < -0.3 is 10.2 Å². The fourth-order valence-corrected chi connectivity index (χ4v) is 1.99. The van der Waals surface area contributed by atoms with Gasteiger partial charge in [-0.05, 0) is 13.8 Å². The molecule has 0 radical (unpaired) electrons. The maximum absolute atomic E-state index is 7.15. The lowest BCUT2D eigenvalue weighted by atomic mass is 10.3. The Hall–Kier alpha value is -0.970. The number of hydrogen-bond acceptors (Lipinski definition) is 4. The normalized spacial score (nSPS) is 12.8. The molecule has 0 fully saturated rings. The summed E-state index contributed by atoms with van der Waals surface area (Å²) in [4.78, 5) is 4.24. The molecule has 1 unspecified atom stereocenters. The third-order valence-electron chi connectivity index (χ3n) is 1.82. The highest BCUT2D eigenvalue weighted by Crippen LogP contribution is 2.25. The molecule has 5 heteroatoms. The highest BCUT2D eigenvalue weighted by atomic mass is 32.2. The zero-order valence-corrected chi connectivity index (χ0v) is 9.44. The molecule has 14 heavy (non-hydrogen) atoms. The van der Waals surface area contributed by atoms with Crippen LogP contribution in [0.1, 0.15) is 24.8 Å². The van der Waals surface area contributed by atoms with Crippen LogP contribution in [0, 0.1) is 19.3 Å². The van der Waals surface area contributed by atoms with Crippen LogP contribution < -0.4 is 5.73 Å². The number of aryl methyl sites for hydroxylation is 2. The topological polar surface area (TPSA) is 75.9 Å². The van der Waals surface area contributed by atoms with Crippen LogP contribution in [0.4, 0.5) is 0 Å². The molecule has 0 saturated carbocycles. The molecule has 0 aliphatic rings. The number of nitrogens with zero attached hydrogens (tertiary/aromatic N) is 1. The van der Waals surface area contributed by atoms with Crippen molar-refractivity contribution in [2.75, 3.05) is 0 Å². The van der Waals surface area contributed by atoms with E-state index in [1.54, 1.807) is 0 Å². The van der Waals surface area contributed by atoms with Gasteiger partial charge in [-0.25, -0.2) is 4.98 Å². The molecule has 1 rings (SSSR count). The molecule has 1 heterocycles. The van der Waals surface area contributed by atoms with Crippen LogP contribution in [0.5, 0.6) is 0 Å². The first kappa shape index (κ1) is 11.1. The minimum Gasteiger partial charge on any atom is -0.437 e. The van der Waals surface area contributed by atoms with Gasteiger partial charge in [0, 0.05) is 11.7 Å². The first-order valence-electron chi connectivity index (χ1n) is 4.42. The van der Waals surface area contributed by atoms with Crippen LogP contribution in [0.25, 0.3) is 0 Å². The third-order valence-corrected chi connectivity index (χ3v) is 2.76. The Morgan fingerprint density at radius 1 is 1.64 bits per heavy atom. The van der Waals surface area contributed by atoms with E-state index in [-0.39, 0.29) is 11.1 Å². The summed E-state index contributed by atoms with van der Waals surface area (Å²) < 4.78 is 5.41. The molecule has 1 atom stereocenters. The molecule has 0 amide bonds. The molecule has 3 N–H and O–H groups in total. The predicted octanol–water partition coefficient (Wildman–Crippen LogP) is 2.10. The summed E-state index contributed by atoms with van der Waals surface area (Å²) in [5, 5.41) is 8.04. The molecule has 0 bridgehead atoms. The Morgan fingerprint density at radius 2 is 2.29 bits per heavy atom. The number of rotatable bonds is 4. The van der Waals surface area contributed by atoms with Gasteiger partial charge in [0.15, 0.2) is 0 Å². The summed E-state index contributed by atoms with van der Waals surface area (Å²) in [6, 6.07) is 0. The summed E-state index contributed by atoms with van der Waals surface area (Å²) in [5.74, 6) is 1.05. The van der Waals surface area contributed by atoms with Gasteiger partial charge in [0.05, 0.1) is 11.5 Å². The van der Waals surface area contributed by atoms with Gasteiger partial charge in [-0.1, -0.05) is 18.7 Å². The maximum atomic E-state index is 7.15. The van der Waals surface area contributed by atoms with Gasteiger partial charge in [0.25, 0.3) is 5.22 Å². The molecule has 0 spiro atoms. The van der Waals surface area contributed by atoms with Crippen molar-refractivity contribution in [2.24, 2.45) is 5.73 Å². The highest BCUT2D eigenvalue weighted by molar-refractivity contribution is 7.99. The zero-order valence-electron chi connectivity index (χ0n) is 8.63. The Morgan fingerprint density at radius 3 is 2.71 bits per heavy atom. The predicted molar refractivity (Wildman–Crippen MR) is 57.8 cm³/mol. The lowest BCUT2D eigenvalue weighted by Crippen LogP contribution is -2.14. The average molecular weight is 213 g/mol. The number of amidine groups is 1. The summed E-state index contributed by atoms with van der Waals surface area (Å²) in [6.45, 7) is 5.81. The fraction of sp³-hybridized carbons (Fsp3) is 0.556. The van der Waals surface area contributed by atoms with Crippen molar-refractivity contribution in [1.82, 2.24) is 4.98 Å². The summed E-state index contributed by atoms with van der Waals surface area (Å²) >= 11 is 1.51. The van der Waals surface area contributed by atoms with Gasteiger partial charge in [-0.3, -0.25) is 5.41 Å². The number of nitrogens with two attached hydrogens (primary N) is 1. The molecule has 0 aliphatic carbocycles. The van der Waals surface area contributed by atoms with Gasteiger partial charge >= 0.3 is 0 Å². The van der Waals surface area contributed by atoms with Crippen molar-refractivity contribution >= 4 is 17.6 Å². The fourth-order valence-electron chi connectivity index (χ4n) is 1.02. The molecule has 0 aromatic carbocycles. The summed E-state index contributed by atoms with van der Waals surface area (Å²) in [5.41, 5.74) is 6.22. The molecule has 0 aliphatic heterocycles. The van der Waals surface area contributed by atoms with E-state index in [1.165, 1.54) is 11.8 Å². The highest BCUT2D eigenvalue weighted by Gasteiger charge is 2.11. The minimum atomic E-state index is 0.199. The monoisotopic (exact) mass is 213 g/mol. The largest absolute Gasteiger partial charge is 0.437 e. The molecular weight excluding hydrogens is 198 g/mol. The van der Waals surface area contributed by atoms with Crippen LogP contribution in [-0.2, 0) is 0 Å². The molecule has 78 valence electrons. The SMILES string of the molecule is Cc1nc(SC(C)CC(=N)N)oc1C. The molecule has 0 saturated heterocycles. The van der Waals surface area contributed by atoms with Crippen molar-refractivity contribution in [1.29, 1.82) is 5.41 Å². The maximum Gasteiger partial charge on any atom is 0.256 e. The summed E-state index contributed by atoms with van der Waals surface area (Å²) in [6.07, 6.45) is 0.561. The van der Waals surface area contributed by atoms with Crippen LogP contribution in [0.15, 0.2) is 9.64 Å². The van der Waals surface area contributed by atoms with Gasteiger partial charge in [-0.2, -0.15) is 0 Å². The van der Waals surface area contributed by atoms with Gasteiger partial charge in [0.1, 0.15) is 5.76 Å². The van der Waals surface area contributed by atoms with E-state index < -0.39 is 0 Å². The van der Waals surface area contributed by atoms with E-state index in [1.807, 2.05) is 20.8 Å². The van der Waals surface area contributed by atoms with E-state index in [9.17, 15) is 0 Å². The summed E-state index contributed by atoms with van der Waals surface area (Å²) in [7, 11) is 0. The molecular formula is C9H15N3OS. The van der Waals surface area contributed by atoms with Crippen molar-refractivity contribution in [2.45, 2.75) is 37.7 Å². The van der Waals surface area contributed by atoms with Crippen LogP contribution in [0.3, 0.4) is 0 Å². The van der Waals surface area contributed by atoms with E-state index >= 15 is 0 Å². The Balaban J connectivity index is 2.56. The third kappa shape index (κ3) is 3.06. The van der Waals surface area contributed by atoms with Crippen LogP contribution in [-0.4, -0.2) is 16.1 Å². The van der Waals surface area contributed by atoms with Gasteiger partial charge in [0.2, 0.25) is 0 Å². The van der Waals surface area contributed by atoms with Crippen LogP contribution in [0.2, 0.25) is 0 Å². The second-order valence-corrected chi connectivity index (χ2v) is 4.67. The standard InChI is InChI=1S/C9H15N3OS/c1-5(4-8(10)11)14-9-12-6(2)7(3)13-9/h5H,4H2,1-3H3,(H3,10,11). The average Bonchev–Trinajstić information content (AvgIpc) is 2.28. The minimum absolute atomic E-state index is 0.199. The number of oxazole rings is 1. The van der Waals surface area contributed by atoms with Crippen molar-refractivity contribution in [3.63, 3.8) is 0 Å². The van der Waals surface area contributed by atoms with Crippen LogP contribution >= 0.6 is 11.8 Å². The van der Waals surface area contributed by atoms with E-state index in [0.717, 1.165) is 11.5 Å². The second-order valence-electron chi connectivity index (χ2n) is 3.28. The van der Waals surface area contributed by atoms with Gasteiger partial charge in [-0.15, -0.1) is 0 Å². The smallest absolute Gasteiger partial charge is 0.256 e. The van der Waals surface area contributed by atoms with Crippen molar-refractivity contribution in [3.8, 4) is 0 Å². The zero-order chi connectivity index (χ0) is 10.7. The first-order chi connectivity index (χ1) is 6.49. The number of hydrogen-bond donors (Lipinski definition) is 2. The Bertz CT molecular complexity index is 315. The Kier molecular flexibility index (Phi) is 3.57. The van der Waals surface area contributed by atoms with E-state index in [4.69, 9.17) is 15.6 Å². The first-order valence-corrected chi connectivity index (χ1v) is 5.30. The lowest BCUT2D eigenvalue weighted by molar-refractivity contribution is 0.430. The second kappa shape index (κ2) is 4.50.